The zero-order chi connectivity index (χ0) is 19.6. The van der Waals surface area contributed by atoms with E-state index in [1.807, 2.05) is 89.1 Å². The third-order valence-corrected chi connectivity index (χ3v) is 5.46. The average Bonchev–Trinajstić information content (AvgIpc) is 3.51. The zero-order valence-corrected chi connectivity index (χ0v) is 16.1. The summed E-state index contributed by atoms with van der Waals surface area (Å²) in [5, 5.41) is 16.6. The summed E-state index contributed by atoms with van der Waals surface area (Å²) in [5.74, 6) is 0.554. The van der Waals surface area contributed by atoms with Crippen LogP contribution in [0.5, 0.6) is 0 Å². The van der Waals surface area contributed by atoms with Gasteiger partial charge in [0.2, 0.25) is 0 Å². The maximum atomic E-state index is 9.81. The molecule has 138 valence electrons. The second kappa shape index (κ2) is 7.23. The van der Waals surface area contributed by atoms with Gasteiger partial charge >= 0.3 is 0 Å². The molecule has 0 aliphatic rings. The molecular weight excluding hydrogens is 378 g/mol. The second-order valence-electron chi connectivity index (χ2n) is 6.46. The average molecular weight is 393 g/mol. The highest BCUT2D eigenvalue weighted by Gasteiger charge is 2.14. The van der Waals surface area contributed by atoms with Gasteiger partial charge in [0.1, 0.15) is 17.6 Å². The number of hydrogen-bond donors (Lipinski definition) is 1. The molecule has 5 nitrogen and oxygen atoms in total. The molecule has 1 N–H and O–H groups in total. The van der Waals surface area contributed by atoms with Crippen LogP contribution in [0, 0.1) is 11.3 Å². The molecule has 6 heteroatoms. The van der Waals surface area contributed by atoms with E-state index >= 15 is 0 Å². The number of allylic oxidation sites excluding steroid dienone is 1. The number of aromatic nitrogens is 4. The Kier molecular flexibility index (Phi) is 4.28. The minimum Gasteiger partial charge on any atom is -0.337 e. The Bertz CT molecular complexity index is 1320. The molecule has 3 aromatic heterocycles. The van der Waals surface area contributed by atoms with Gasteiger partial charge in [0, 0.05) is 11.8 Å². The number of para-hydroxylation sites is 3. The number of hydrogen-bond acceptors (Lipinski definition) is 4. The van der Waals surface area contributed by atoms with Crippen molar-refractivity contribution >= 4 is 34.0 Å². The molecule has 0 bridgehead atoms. The van der Waals surface area contributed by atoms with Crippen molar-refractivity contribution in [2.45, 2.75) is 0 Å². The lowest BCUT2D eigenvalue weighted by Crippen LogP contribution is -1.93. The maximum Gasteiger partial charge on any atom is 0.149 e. The summed E-state index contributed by atoms with van der Waals surface area (Å²) >= 11 is 1.62. The predicted molar refractivity (Wildman–Crippen MR) is 116 cm³/mol. The highest BCUT2D eigenvalue weighted by molar-refractivity contribution is 7.13. The van der Waals surface area contributed by atoms with Crippen molar-refractivity contribution in [2.75, 3.05) is 0 Å². The predicted octanol–water partition coefficient (Wildman–Crippen LogP) is 5.54. The molecule has 5 rings (SSSR count). The smallest absolute Gasteiger partial charge is 0.149 e. The lowest BCUT2D eigenvalue weighted by molar-refractivity contribution is 0.885. The molecule has 0 fully saturated rings. The van der Waals surface area contributed by atoms with E-state index in [2.05, 4.69) is 16.0 Å². The zero-order valence-electron chi connectivity index (χ0n) is 15.3. The minimum absolute atomic E-state index is 0.464. The molecule has 0 aliphatic heterocycles. The van der Waals surface area contributed by atoms with E-state index in [0.29, 0.717) is 11.4 Å². The number of imidazole rings is 1. The third kappa shape index (κ3) is 3.24. The number of benzene rings is 2. The van der Waals surface area contributed by atoms with E-state index < -0.39 is 0 Å². The van der Waals surface area contributed by atoms with Crippen molar-refractivity contribution in [1.82, 2.24) is 19.7 Å². The highest BCUT2D eigenvalue weighted by atomic mass is 32.1. The molecule has 0 amide bonds. The van der Waals surface area contributed by atoms with E-state index in [9.17, 15) is 5.26 Å². The van der Waals surface area contributed by atoms with Gasteiger partial charge in [-0.3, -0.25) is 0 Å². The van der Waals surface area contributed by atoms with Crippen LogP contribution in [0.1, 0.15) is 11.4 Å². The largest absolute Gasteiger partial charge is 0.337 e. The lowest BCUT2D eigenvalue weighted by atomic mass is 10.1. The van der Waals surface area contributed by atoms with Crippen LogP contribution in [-0.2, 0) is 0 Å². The number of nitriles is 1. The third-order valence-electron chi connectivity index (χ3n) is 4.58. The fraction of sp³-hybridized carbons (Fsp3) is 0. The normalized spacial score (nSPS) is 11.6. The van der Waals surface area contributed by atoms with Gasteiger partial charge in [-0.25, -0.2) is 9.67 Å². The topological polar surface area (TPSA) is 70.3 Å². The first-order valence-electron chi connectivity index (χ1n) is 9.08. The van der Waals surface area contributed by atoms with Crippen LogP contribution >= 0.6 is 11.3 Å². The number of rotatable bonds is 4. The summed E-state index contributed by atoms with van der Waals surface area (Å²) in [6.45, 7) is 0. The SMILES string of the molecule is N#C/C(=C\c1cn(-c2ccccc2)nc1-c1cccs1)c1nc2ccccc2[nH]1. The van der Waals surface area contributed by atoms with Crippen molar-refractivity contribution < 1.29 is 0 Å². The van der Waals surface area contributed by atoms with Crippen LogP contribution in [-0.4, -0.2) is 19.7 Å². The number of aromatic amines is 1. The fourth-order valence-corrected chi connectivity index (χ4v) is 3.93. The Morgan fingerprint density at radius 3 is 2.62 bits per heavy atom. The molecule has 0 saturated carbocycles. The molecule has 3 heterocycles. The summed E-state index contributed by atoms with van der Waals surface area (Å²) in [6, 6.07) is 24.0. The van der Waals surface area contributed by atoms with Crippen LogP contribution in [0.3, 0.4) is 0 Å². The Morgan fingerprint density at radius 1 is 1.03 bits per heavy atom. The standard InChI is InChI=1S/C23H15N5S/c24-14-16(23-25-19-9-4-5-10-20(19)26-23)13-17-15-28(18-7-2-1-3-8-18)27-22(17)21-11-6-12-29-21/h1-13,15H,(H,25,26)/b16-13+. The molecule has 5 aromatic rings. The molecule has 2 aromatic carbocycles. The summed E-state index contributed by atoms with van der Waals surface area (Å²) in [6.07, 6.45) is 3.80. The van der Waals surface area contributed by atoms with Gasteiger partial charge in [0.05, 0.1) is 27.2 Å². The summed E-state index contributed by atoms with van der Waals surface area (Å²) in [7, 11) is 0. The quantitative estimate of drug-likeness (QED) is 0.408. The van der Waals surface area contributed by atoms with Crippen molar-refractivity contribution in [2.24, 2.45) is 0 Å². The summed E-state index contributed by atoms with van der Waals surface area (Å²) < 4.78 is 1.84. The van der Waals surface area contributed by atoms with Crippen LogP contribution in [0.2, 0.25) is 0 Å². The minimum atomic E-state index is 0.464. The van der Waals surface area contributed by atoms with Gasteiger partial charge in [-0.05, 0) is 41.8 Å². The van der Waals surface area contributed by atoms with Gasteiger partial charge in [-0.1, -0.05) is 36.4 Å². The van der Waals surface area contributed by atoms with Crippen molar-refractivity contribution in [3.05, 3.63) is 89.7 Å². The van der Waals surface area contributed by atoms with Gasteiger partial charge in [0.25, 0.3) is 0 Å². The van der Waals surface area contributed by atoms with Gasteiger partial charge in [-0.15, -0.1) is 11.3 Å². The van der Waals surface area contributed by atoms with E-state index in [-0.39, 0.29) is 0 Å². The molecule has 0 aliphatic carbocycles. The van der Waals surface area contributed by atoms with E-state index in [0.717, 1.165) is 32.9 Å². The van der Waals surface area contributed by atoms with Crippen LogP contribution in [0.15, 0.2) is 78.3 Å². The van der Waals surface area contributed by atoms with Crippen molar-refractivity contribution in [3.63, 3.8) is 0 Å². The highest BCUT2D eigenvalue weighted by Crippen LogP contribution is 2.30. The lowest BCUT2D eigenvalue weighted by Gasteiger charge is -1.99. The summed E-state index contributed by atoms with van der Waals surface area (Å²) in [4.78, 5) is 8.85. The Morgan fingerprint density at radius 2 is 1.86 bits per heavy atom. The first kappa shape index (κ1) is 17.2. The van der Waals surface area contributed by atoms with Gasteiger partial charge < -0.3 is 4.98 Å². The summed E-state index contributed by atoms with van der Waals surface area (Å²) in [5.41, 5.74) is 4.88. The molecule has 0 radical (unpaired) electrons. The number of nitrogens with one attached hydrogen (secondary N) is 1. The van der Waals surface area contributed by atoms with Crippen LogP contribution in [0.25, 0.3) is 38.9 Å². The number of fused-ring (bicyclic) bond motifs is 1. The van der Waals surface area contributed by atoms with E-state index in [1.165, 1.54) is 0 Å². The molecule has 0 unspecified atom stereocenters. The second-order valence-corrected chi connectivity index (χ2v) is 7.41. The number of H-pyrrole nitrogens is 1. The first-order valence-corrected chi connectivity index (χ1v) is 9.96. The molecule has 29 heavy (non-hydrogen) atoms. The maximum absolute atomic E-state index is 9.81. The van der Waals surface area contributed by atoms with Crippen molar-refractivity contribution in [1.29, 1.82) is 5.26 Å². The fourth-order valence-electron chi connectivity index (χ4n) is 3.20. The van der Waals surface area contributed by atoms with E-state index in [1.54, 1.807) is 11.3 Å². The Labute approximate surface area is 171 Å². The first-order chi connectivity index (χ1) is 14.3. The molecule has 0 spiro atoms. The van der Waals surface area contributed by atoms with Gasteiger partial charge in [0.15, 0.2) is 0 Å². The van der Waals surface area contributed by atoms with Crippen LogP contribution in [0.4, 0.5) is 0 Å². The monoisotopic (exact) mass is 393 g/mol. The molecule has 0 saturated heterocycles. The number of thiophene rings is 1. The van der Waals surface area contributed by atoms with Crippen molar-refractivity contribution in [3.8, 4) is 22.3 Å². The Hall–Kier alpha value is -3.95. The Balaban J connectivity index is 1.65. The van der Waals surface area contributed by atoms with E-state index in [4.69, 9.17) is 5.10 Å². The number of nitrogens with zero attached hydrogens (tertiary/aromatic N) is 4. The van der Waals surface area contributed by atoms with Gasteiger partial charge in [-0.2, -0.15) is 10.4 Å². The van der Waals surface area contributed by atoms with Crippen LogP contribution < -0.4 is 0 Å². The molecule has 0 atom stereocenters. The molecular formula is C23H15N5S.